The Bertz CT molecular complexity index is 553. The molecular weight excluding hydrogens is 268 g/mol. The molecule has 4 nitrogen and oxygen atoms in total. The van der Waals surface area contributed by atoms with Crippen LogP contribution in [0.15, 0.2) is 11.6 Å². The van der Waals surface area contributed by atoms with E-state index < -0.39 is 0 Å². The van der Waals surface area contributed by atoms with Crippen LogP contribution in [0.2, 0.25) is 0 Å². The molecule has 2 heterocycles. The normalized spacial score (nSPS) is 13.6. The number of nitrogens with zero attached hydrogens (tertiary/aromatic N) is 3. The third-order valence-electron chi connectivity index (χ3n) is 3.31. The van der Waals surface area contributed by atoms with Crippen molar-refractivity contribution in [2.45, 2.75) is 53.1 Å². The lowest BCUT2D eigenvalue weighted by molar-refractivity contribution is 0.563. The molecule has 0 aliphatic rings. The van der Waals surface area contributed by atoms with E-state index >= 15 is 0 Å². The van der Waals surface area contributed by atoms with Gasteiger partial charge in [0.2, 0.25) is 0 Å². The number of anilines is 1. The maximum atomic E-state index is 6.03. The second kappa shape index (κ2) is 6.14. The summed E-state index contributed by atoms with van der Waals surface area (Å²) in [6.45, 7) is 12.0. The lowest BCUT2D eigenvalue weighted by atomic mass is 10.1. The highest BCUT2D eigenvalue weighted by Crippen LogP contribution is 2.27. The van der Waals surface area contributed by atoms with Gasteiger partial charge in [0, 0.05) is 36.6 Å². The van der Waals surface area contributed by atoms with Crippen LogP contribution in [0.3, 0.4) is 0 Å². The molecule has 0 saturated carbocycles. The molecule has 0 saturated heterocycles. The van der Waals surface area contributed by atoms with Gasteiger partial charge in [-0.15, -0.1) is 11.3 Å². The smallest absolute Gasteiger partial charge is 0.195 e. The number of nitrogens with two attached hydrogens (primary N) is 1. The van der Waals surface area contributed by atoms with Crippen molar-refractivity contribution in [1.82, 2.24) is 9.38 Å². The summed E-state index contributed by atoms with van der Waals surface area (Å²) in [5.41, 5.74) is 7.27. The summed E-state index contributed by atoms with van der Waals surface area (Å²) in [5, 5.41) is 2.08. The van der Waals surface area contributed by atoms with Gasteiger partial charge in [0.05, 0.1) is 5.69 Å². The lowest BCUT2D eigenvalue weighted by Gasteiger charge is -2.30. The first-order valence-electron chi connectivity index (χ1n) is 7.36. The van der Waals surface area contributed by atoms with Crippen LogP contribution >= 0.6 is 11.3 Å². The molecule has 0 aromatic carbocycles. The number of imidazole rings is 1. The monoisotopic (exact) mass is 294 g/mol. The maximum absolute atomic E-state index is 6.03. The van der Waals surface area contributed by atoms with Crippen molar-refractivity contribution < 1.29 is 0 Å². The molecule has 2 aromatic rings. The third-order valence-corrected chi connectivity index (χ3v) is 4.07. The molecule has 5 heteroatoms. The molecule has 0 radical (unpaired) electrons. The van der Waals surface area contributed by atoms with Gasteiger partial charge in [-0.3, -0.25) is 4.40 Å². The van der Waals surface area contributed by atoms with Crippen LogP contribution in [0, 0.1) is 5.92 Å². The summed E-state index contributed by atoms with van der Waals surface area (Å²) in [6, 6.07) is 0.579. The summed E-state index contributed by atoms with van der Waals surface area (Å²) in [7, 11) is 0. The highest BCUT2D eigenvalue weighted by molar-refractivity contribution is 7.15. The van der Waals surface area contributed by atoms with E-state index in [2.05, 4.69) is 55.5 Å². The van der Waals surface area contributed by atoms with E-state index in [-0.39, 0.29) is 6.04 Å². The van der Waals surface area contributed by atoms with Crippen molar-refractivity contribution in [3.8, 4) is 0 Å². The van der Waals surface area contributed by atoms with Crippen molar-refractivity contribution in [3.63, 3.8) is 0 Å². The summed E-state index contributed by atoms with van der Waals surface area (Å²) >= 11 is 1.68. The quantitative estimate of drug-likeness (QED) is 0.890. The zero-order chi connectivity index (χ0) is 14.9. The largest absolute Gasteiger partial charge is 0.352 e. The molecule has 0 fully saturated rings. The van der Waals surface area contributed by atoms with Gasteiger partial charge < -0.3 is 10.6 Å². The molecule has 1 atom stereocenters. The zero-order valence-corrected chi connectivity index (χ0v) is 13.9. The van der Waals surface area contributed by atoms with Crippen molar-refractivity contribution in [3.05, 3.63) is 17.3 Å². The number of hydrogen-bond donors (Lipinski definition) is 1. The first kappa shape index (κ1) is 15.3. The maximum Gasteiger partial charge on any atom is 0.195 e. The predicted molar refractivity (Wildman–Crippen MR) is 87.7 cm³/mol. The minimum absolute atomic E-state index is 0.140. The fourth-order valence-corrected chi connectivity index (χ4v) is 3.21. The summed E-state index contributed by atoms with van der Waals surface area (Å²) in [4.78, 5) is 8.32. The molecule has 20 heavy (non-hydrogen) atoms. The van der Waals surface area contributed by atoms with E-state index in [0.717, 1.165) is 23.7 Å². The summed E-state index contributed by atoms with van der Waals surface area (Å²) in [6.07, 6.45) is 2.96. The average molecular weight is 294 g/mol. The minimum atomic E-state index is 0.140. The third kappa shape index (κ3) is 3.15. The second-order valence-corrected chi connectivity index (χ2v) is 7.13. The SMILES string of the molecule is CC(C)CN(c1nc2sccn2c1CC(C)N)C(C)C. The molecule has 0 aliphatic heterocycles. The van der Waals surface area contributed by atoms with Crippen molar-refractivity contribution in [2.24, 2.45) is 11.7 Å². The lowest BCUT2D eigenvalue weighted by Crippen LogP contribution is -2.35. The first-order valence-corrected chi connectivity index (χ1v) is 8.24. The highest BCUT2D eigenvalue weighted by atomic mass is 32.1. The van der Waals surface area contributed by atoms with Gasteiger partial charge >= 0.3 is 0 Å². The van der Waals surface area contributed by atoms with Crippen molar-refractivity contribution in [2.75, 3.05) is 11.4 Å². The number of rotatable bonds is 6. The summed E-state index contributed by atoms with van der Waals surface area (Å²) in [5.74, 6) is 1.72. The Hall–Kier alpha value is -1.07. The molecule has 2 N–H and O–H groups in total. The molecule has 0 amide bonds. The minimum Gasteiger partial charge on any atom is -0.352 e. The molecule has 0 bridgehead atoms. The molecule has 2 rings (SSSR count). The average Bonchev–Trinajstić information content (AvgIpc) is 2.88. The van der Waals surface area contributed by atoms with Gasteiger partial charge in [-0.05, 0) is 26.7 Å². The molecule has 0 spiro atoms. The van der Waals surface area contributed by atoms with Crippen LogP contribution in [0.5, 0.6) is 0 Å². The van der Waals surface area contributed by atoms with Crippen molar-refractivity contribution in [1.29, 1.82) is 0 Å². The Morgan fingerprint density at radius 3 is 2.55 bits per heavy atom. The summed E-state index contributed by atoms with van der Waals surface area (Å²) < 4.78 is 2.19. The van der Waals surface area contributed by atoms with E-state index in [4.69, 9.17) is 10.7 Å². The fraction of sp³-hybridized carbons (Fsp3) is 0.667. The standard InChI is InChI=1S/C15H26N4S/c1-10(2)9-19(11(3)4)14-13(8-12(5)16)18-6-7-20-15(18)17-14/h6-7,10-12H,8-9,16H2,1-5H3. The number of thiazole rings is 1. The molecule has 0 aliphatic carbocycles. The molecule has 1 unspecified atom stereocenters. The Balaban J connectivity index is 2.46. The van der Waals surface area contributed by atoms with E-state index in [1.807, 2.05) is 0 Å². The second-order valence-electron chi connectivity index (χ2n) is 6.26. The predicted octanol–water partition coefficient (Wildman–Crippen LogP) is 3.16. The number of hydrogen-bond acceptors (Lipinski definition) is 4. The van der Waals surface area contributed by atoms with Gasteiger partial charge in [-0.1, -0.05) is 13.8 Å². The van der Waals surface area contributed by atoms with Gasteiger partial charge in [-0.25, -0.2) is 4.98 Å². The van der Waals surface area contributed by atoms with Crippen LogP contribution in [0.1, 0.15) is 40.3 Å². The Kier molecular flexibility index (Phi) is 4.70. The molecular formula is C15H26N4S. The van der Waals surface area contributed by atoms with E-state index in [1.165, 1.54) is 5.69 Å². The molecule has 2 aromatic heterocycles. The Morgan fingerprint density at radius 2 is 2.00 bits per heavy atom. The number of aromatic nitrogens is 2. The number of fused-ring (bicyclic) bond motifs is 1. The topological polar surface area (TPSA) is 46.6 Å². The Labute approximate surface area is 125 Å². The Morgan fingerprint density at radius 1 is 1.30 bits per heavy atom. The van der Waals surface area contributed by atoms with Gasteiger partial charge in [-0.2, -0.15) is 0 Å². The van der Waals surface area contributed by atoms with Crippen molar-refractivity contribution >= 4 is 22.1 Å². The van der Waals surface area contributed by atoms with Crippen LogP contribution in [-0.4, -0.2) is 28.0 Å². The fourth-order valence-electron chi connectivity index (χ4n) is 2.48. The zero-order valence-electron chi connectivity index (χ0n) is 13.1. The van der Waals surface area contributed by atoms with E-state index in [0.29, 0.717) is 12.0 Å². The highest BCUT2D eigenvalue weighted by Gasteiger charge is 2.22. The first-order chi connectivity index (χ1) is 9.40. The van der Waals surface area contributed by atoms with Gasteiger partial charge in [0.15, 0.2) is 10.8 Å². The van der Waals surface area contributed by atoms with Gasteiger partial charge in [0.25, 0.3) is 0 Å². The van der Waals surface area contributed by atoms with Crippen LogP contribution < -0.4 is 10.6 Å². The van der Waals surface area contributed by atoms with Crippen LogP contribution in [0.4, 0.5) is 5.82 Å². The van der Waals surface area contributed by atoms with E-state index in [9.17, 15) is 0 Å². The molecule has 112 valence electrons. The van der Waals surface area contributed by atoms with Crippen LogP contribution in [-0.2, 0) is 6.42 Å². The van der Waals surface area contributed by atoms with Crippen LogP contribution in [0.25, 0.3) is 4.96 Å². The van der Waals surface area contributed by atoms with Gasteiger partial charge in [0.1, 0.15) is 0 Å². The van der Waals surface area contributed by atoms with E-state index in [1.54, 1.807) is 11.3 Å².